The second-order valence-electron chi connectivity index (χ2n) is 9.11. The van der Waals surface area contributed by atoms with Crippen molar-refractivity contribution in [1.29, 1.82) is 0 Å². The fraction of sp³-hybridized carbons (Fsp3) is 0.440. The first-order valence-electron chi connectivity index (χ1n) is 11.1. The Bertz CT molecular complexity index is 1010. The normalized spacial score (nSPS) is 18.1. The van der Waals surface area contributed by atoms with Crippen LogP contribution >= 0.6 is 0 Å². The lowest BCUT2D eigenvalue weighted by atomic mass is 9.73. The minimum absolute atomic E-state index is 0.259. The van der Waals surface area contributed by atoms with Gasteiger partial charge in [-0.05, 0) is 63.0 Å². The molecule has 1 saturated heterocycles. The Kier molecular flexibility index (Phi) is 8.15. The standard InChI is InChI=1S/C25H32BNO7/c1-17(16-30-6)20(26-33-24(2,3)25(4,5)34-26)8-10-22(21-9-7-19(15-28)31-21)32-23(29)18-11-13-27-14-12-18/h7-9,11-14,22,28H,1,10,15-16H2,2-6H3/b20-8-/t22-/m1/s1. The van der Waals surface area contributed by atoms with Crippen LogP contribution in [-0.4, -0.2) is 48.1 Å². The molecular formula is C25H32BNO7. The minimum atomic E-state index is -0.756. The number of rotatable bonds is 10. The Morgan fingerprint density at radius 1 is 1.18 bits per heavy atom. The number of aliphatic hydroxyl groups is 1. The molecule has 1 aliphatic heterocycles. The molecule has 34 heavy (non-hydrogen) atoms. The Morgan fingerprint density at radius 3 is 2.38 bits per heavy atom. The van der Waals surface area contributed by atoms with Gasteiger partial charge in [-0.2, -0.15) is 0 Å². The zero-order valence-electron chi connectivity index (χ0n) is 20.4. The maximum absolute atomic E-state index is 12.8. The van der Waals surface area contributed by atoms with Crippen molar-refractivity contribution in [3.05, 3.63) is 77.4 Å². The first-order valence-corrected chi connectivity index (χ1v) is 11.1. The number of hydrogen-bond acceptors (Lipinski definition) is 8. The molecule has 2 aromatic rings. The van der Waals surface area contributed by atoms with E-state index < -0.39 is 30.4 Å². The van der Waals surface area contributed by atoms with Crippen LogP contribution < -0.4 is 0 Å². The average molecular weight is 469 g/mol. The topological polar surface area (TPSA) is 100 Å². The Balaban J connectivity index is 1.90. The molecule has 8 nitrogen and oxygen atoms in total. The van der Waals surface area contributed by atoms with E-state index in [1.54, 1.807) is 31.4 Å². The smallest absolute Gasteiger partial charge is 0.460 e. The van der Waals surface area contributed by atoms with Crippen LogP contribution in [0.1, 0.15) is 62.1 Å². The molecular weight excluding hydrogens is 437 g/mol. The summed E-state index contributed by atoms with van der Waals surface area (Å²) < 4.78 is 29.2. The second-order valence-corrected chi connectivity index (χ2v) is 9.11. The highest BCUT2D eigenvalue weighted by Gasteiger charge is 2.52. The predicted molar refractivity (Wildman–Crippen MR) is 127 cm³/mol. The first kappa shape index (κ1) is 25.9. The molecule has 3 rings (SSSR count). The van der Waals surface area contributed by atoms with E-state index in [1.807, 2.05) is 33.8 Å². The zero-order valence-corrected chi connectivity index (χ0v) is 20.4. The van der Waals surface area contributed by atoms with Gasteiger partial charge in [-0.3, -0.25) is 4.98 Å². The van der Waals surface area contributed by atoms with E-state index in [1.165, 1.54) is 12.4 Å². The van der Waals surface area contributed by atoms with Crippen molar-refractivity contribution < 1.29 is 33.1 Å². The molecule has 9 heteroatoms. The quantitative estimate of drug-likeness (QED) is 0.314. The summed E-state index contributed by atoms with van der Waals surface area (Å²) in [6.45, 7) is 12.1. The summed E-state index contributed by atoms with van der Waals surface area (Å²) in [6, 6.07) is 6.48. The average Bonchev–Trinajstić information content (AvgIpc) is 3.35. The lowest BCUT2D eigenvalue weighted by Gasteiger charge is -2.32. The number of aromatic nitrogens is 1. The van der Waals surface area contributed by atoms with E-state index in [9.17, 15) is 9.90 Å². The van der Waals surface area contributed by atoms with Gasteiger partial charge in [-0.1, -0.05) is 12.7 Å². The number of nitrogens with zero attached hydrogens (tertiary/aromatic N) is 1. The highest BCUT2D eigenvalue weighted by Crippen LogP contribution is 2.40. The predicted octanol–water partition coefficient (Wildman–Crippen LogP) is 4.22. The fourth-order valence-electron chi connectivity index (χ4n) is 3.43. The van der Waals surface area contributed by atoms with Crippen LogP contribution in [0.4, 0.5) is 0 Å². The summed E-state index contributed by atoms with van der Waals surface area (Å²) in [7, 11) is 0.930. The van der Waals surface area contributed by atoms with Crippen LogP contribution in [-0.2, 0) is 25.4 Å². The SMILES string of the molecule is C=C(COC)/C(=C/C[C@@H](OC(=O)c1ccncc1)c1ccc(CO)o1)B1OC(C)(C)C(C)(C)O1. The van der Waals surface area contributed by atoms with Crippen LogP contribution in [0.15, 0.2) is 64.8 Å². The number of furan rings is 1. The highest BCUT2D eigenvalue weighted by atomic mass is 16.7. The number of esters is 1. The number of carbonyl (C=O) groups excluding carboxylic acids is 1. The van der Waals surface area contributed by atoms with Gasteiger partial charge in [-0.25, -0.2) is 4.79 Å². The van der Waals surface area contributed by atoms with E-state index in [0.29, 0.717) is 28.1 Å². The van der Waals surface area contributed by atoms with Gasteiger partial charge in [0, 0.05) is 25.9 Å². The van der Waals surface area contributed by atoms with Crippen molar-refractivity contribution in [2.75, 3.05) is 13.7 Å². The van der Waals surface area contributed by atoms with Crippen LogP contribution in [0.25, 0.3) is 0 Å². The van der Waals surface area contributed by atoms with Gasteiger partial charge >= 0.3 is 13.1 Å². The molecule has 3 heterocycles. The number of pyridine rings is 1. The number of ether oxygens (including phenoxy) is 2. The Labute approximate surface area is 200 Å². The maximum atomic E-state index is 12.8. The molecule has 1 fully saturated rings. The van der Waals surface area contributed by atoms with Crippen molar-refractivity contribution in [3.63, 3.8) is 0 Å². The third-order valence-electron chi connectivity index (χ3n) is 6.11. The van der Waals surface area contributed by atoms with Gasteiger partial charge in [0.15, 0.2) is 6.10 Å². The summed E-state index contributed by atoms with van der Waals surface area (Å²) in [5, 5.41) is 9.41. The zero-order chi connectivity index (χ0) is 24.9. The van der Waals surface area contributed by atoms with E-state index in [2.05, 4.69) is 11.6 Å². The molecule has 0 unspecified atom stereocenters. The van der Waals surface area contributed by atoms with Crippen LogP contribution in [0, 0.1) is 0 Å². The van der Waals surface area contributed by atoms with Crippen molar-refractivity contribution in [1.82, 2.24) is 4.98 Å². The molecule has 0 amide bonds. The summed E-state index contributed by atoms with van der Waals surface area (Å²) in [6.07, 6.45) is 4.42. The molecule has 1 atom stereocenters. The second kappa shape index (κ2) is 10.7. The highest BCUT2D eigenvalue weighted by molar-refractivity contribution is 6.56. The molecule has 0 bridgehead atoms. The van der Waals surface area contributed by atoms with Crippen molar-refractivity contribution >= 4 is 13.1 Å². The monoisotopic (exact) mass is 469 g/mol. The summed E-state index contributed by atoms with van der Waals surface area (Å²) in [5.74, 6) is 0.267. The van der Waals surface area contributed by atoms with Gasteiger partial charge in [-0.15, -0.1) is 0 Å². The van der Waals surface area contributed by atoms with Crippen LogP contribution in [0.2, 0.25) is 0 Å². The van der Waals surface area contributed by atoms with Crippen molar-refractivity contribution in [2.24, 2.45) is 0 Å². The van der Waals surface area contributed by atoms with Gasteiger partial charge in [0.05, 0.1) is 23.4 Å². The van der Waals surface area contributed by atoms with E-state index in [0.717, 1.165) is 0 Å². The first-order chi connectivity index (χ1) is 16.1. The van der Waals surface area contributed by atoms with Gasteiger partial charge in [0.1, 0.15) is 18.1 Å². The van der Waals surface area contributed by atoms with Crippen LogP contribution in [0.3, 0.4) is 0 Å². The lowest BCUT2D eigenvalue weighted by Crippen LogP contribution is -2.41. The number of aliphatic hydroxyl groups excluding tert-OH is 1. The molecule has 0 aliphatic carbocycles. The van der Waals surface area contributed by atoms with Crippen molar-refractivity contribution in [2.45, 2.75) is 58.0 Å². The number of carbonyl (C=O) groups is 1. The van der Waals surface area contributed by atoms with Gasteiger partial charge in [0.2, 0.25) is 0 Å². The van der Waals surface area contributed by atoms with E-state index in [-0.39, 0.29) is 19.6 Å². The maximum Gasteiger partial charge on any atom is 0.494 e. The molecule has 2 aromatic heterocycles. The molecule has 0 aromatic carbocycles. The molecule has 1 N–H and O–H groups in total. The Morgan fingerprint density at radius 2 is 1.82 bits per heavy atom. The number of methoxy groups -OCH3 is 1. The molecule has 1 aliphatic rings. The molecule has 182 valence electrons. The third kappa shape index (κ3) is 5.85. The summed E-state index contributed by atoms with van der Waals surface area (Å²) in [4.78, 5) is 16.7. The fourth-order valence-corrected chi connectivity index (χ4v) is 3.43. The number of hydrogen-bond donors (Lipinski definition) is 1. The molecule has 0 radical (unpaired) electrons. The minimum Gasteiger partial charge on any atom is -0.460 e. The Hall–Kier alpha value is -2.72. The summed E-state index contributed by atoms with van der Waals surface area (Å²) >= 11 is 0. The van der Waals surface area contributed by atoms with E-state index in [4.69, 9.17) is 23.2 Å². The lowest BCUT2D eigenvalue weighted by molar-refractivity contribution is 0.00578. The van der Waals surface area contributed by atoms with Crippen molar-refractivity contribution in [3.8, 4) is 0 Å². The van der Waals surface area contributed by atoms with E-state index >= 15 is 0 Å². The largest absolute Gasteiger partial charge is 0.494 e. The molecule has 0 spiro atoms. The molecule has 0 saturated carbocycles. The summed E-state index contributed by atoms with van der Waals surface area (Å²) in [5.41, 5.74) is 0.700. The van der Waals surface area contributed by atoms with Gasteiger partial charge < -0.3 is 28.3 Å². The van der Waals surface area contributed by atoms with Gasteiger partial charge in [0.25, 0.3) is 0 Å². The van der Waals surface area contributed by atoms with Crippen LogP contribution in [0.5, 0.6) is 0 Å². The third-order valence-corrected chi connectivity index (χ3v) is 6.11.